The van der Waals surface area contributed by atoms with E-state index in [0.717, 1.165) is 96.3 Å². The third-order valence-corrected chi connectivity index (χ3v) is 15.8. The smallest absolute Gasteiger partial charge is 0.306 e. The quantitative estimate of drug-likeness (QED) is 0.0261. The van der Waals surface area contributed by atoms with E-state index < -0.39 is 6.10 Å². The van der Waals surface area contributed by atoms with Gasteiger partial charge in [-0.3, -0.25) is 14.4 Å². The van der Waals surface area contributed by atoms with Crippen molar-refractivity contribution in [2.75, 3.05) is 13.2 Å². The molecule has 0 saturated heterocycles. The first-order valence-electron chi connectivity index (χ1n) is 35.3. The lowest BCUT2D eigenvalue weighted by Crippen LogP contribution is -2.30. The van der Waals surface area contributed by atoms with Gasteiger partial charge < -0.3 is 14.2 Å². The fourth-order valence-electron chi connectivity index (χ4n) is 10.5. The molecule has 0 fully saturated rings. The average Bonchev–Trinajstić information content (AvgIpc) is 3.46. The van der Waals surface area contributed by atoms with Crippen molar-refractivity contribution in [1.29, 1.82) is 0 Å². The lowest BCUT2D eigenvalue weighted by Gasteiger charge is -2.18. The van der Waals surface area contributed by atoms with Gasteiger partial charge in [-0.15, -0.1) is 0 Å². The van der Waals surface area contributed by atoms with Crippen LogP contribution in [-0.2, 0) is 28.6 Å². The third-order valence-electron chi connectivity index (χ3n) is 15.8. The SMILES string of the molecule is CC/C=C\C/C=C\C/C=C\C/C=C\C/C=C\CCCCCCCCCCCC(=O)OC(COC(=O)CCCCCCCC)COC(=O)CCCCCCCCCCCCCCCCCCCCCCCCCCCCCCCCC. The van der Waals surface area contributed by atoms with Gasteiger partial charge in [0.2, 0.25) is 0 Å². The number of carbonyl (C=O) groups excluding carboxylic acids is 3. The molecule has 6 heteroatoms. The molecular formula is C74H134O6. The van der Waals surface area contributed by atoms with Crippen LogP contribution in [0.4, 0.5) is 0 Å². The van der Waals surface area contributed by atoms with Crippen LogP contribution in [0.15, 0.2) is 60.8 Å². The van der Waals surface area contributed by atoms with Gasteiger partial charge in [-0.25, -0.2) is 0 Å². The van der Waals surface area contributed by atoms with Gasteiger partial charge in [0, 0.05) is 19.3 Å². The molecule has 6 nitrogen and oxygen atoms in total. The maximum Gasteiger partial charge on any atom is 0.306 e. The van der Waals surface area contributed by atoms with E-state index in [1.807, 2.05) is 0 Å². The van der Waals surface area contributed by atoms with Gasteiger partial charge in [0.1, 0.15) is 13.2 Å². The molecule has 80 heavy (non-hydrogen) atoms. The van der Waals surface area contributed by atoms with Gasteiger partial charge >= 0.3 is 17.9 Å². The summed E-state index contributed by atoms with van der Waals surface area (Å²) in [4.78, 5) is 38.1. The monoisotopic (exact) mass is 1120 g/mol. The standard InChI is InChI=1S/C74H134O6/c1-4-7-10-13-16-18-20-22-24-26-28-30-32-34-35-36-37-38-39-41-42-44-46-48-50-52-54-56-58-61-64-67-73(76)79-70-71(69-78-72(75)66-63-60-15-12-9-6-3)80-74(77)68-65-62-59-57-55-53-51-49-47-45-43-40-33-31-29-27-25-23-21-19-17-14-11-8-5-2/h8,11,17,19,23,25,29,31,40,43,71H,4-7,9-10,12-16,18,20-22,24,26-28,30,32-39,41-42,44-70H2,1-3H3/b11-8-,19-17-,25-23-,31-29-,43-40-. The summed E-state index contributed by atoms with van der Waals surface area (Å²) in [5.41, 5.74) is 0. The largest absolute Gasteiger partial charge is 0.462 e. The molecule has 0 aromatic rings. The van der Waals surface area contributed by atoms with Crippen molar-refractivity contribution in [3.8, 4) is 0 Å². The molecule has 0 spiro atoms. The van der Waals surface area contributed by atoms with E-state index in [0.29, 0.717) is 19.3 Å². The van der Waals surface area contributed by atoms with Crippen LogP contribution >= 0.6 is 0 Å². The summed E-state index contributed by atoms with van der Waals surface area (Å²) in [6.45, 7) is 6.52. The van der Waals surface area contributed by atoms with Crippen molar-refractivity contribution in [1.82, 2.24) is 0 Å². The molecule has 0 heterocycles. The maximum atomic E-state index is 12.9. The first-order chi connectivity index (χ1) is 39.5. The Hall–Kier alpha value is -2.89. The first kappa shape index (κ1) is 77.1. The number of hydrogen-bond donors (Lipinski definition) is 0. The average molecular weight is 1120 g/mol. The van der Waals surface area contributed by atoms with Gasteiger partial charge in [-0.05, 0) is 64.2 Å². The van der Waals surface area contributed by atoms with Gasteiger partial charge in [-0.1, -0.05) is 351 Å². The van der Waals surface area contributed by atoms with Gasteiger partial charge in [-0.2, -0.15) is 0 Å². The number of hydrogen-bond acceptors (Lipinski definition) is 6. The second-order valence-electron chi connectivity index (χ2n) is 23.8. The van der Waals surface area contributed by atoms with E-state index in [1.54, 1.807) is 0 Å². The maximum absolute atomic E-state index is 12.9. The molecule has 0 amide bonds. The summed E-state index contributed by atoms with van der Waals surface area (Å²) >= 11 is 0. The van der Waals surface area contributed by atoms with E-state index in [2.05, 4.69) is 81.5 Å². The Bertz CT molecular complexity index is 1430. The molecular weight excluding hydrogens is 985 g/mol. The fraction of sp³-hybridized carbons (Fsp3) is 0.824. The Balaban J connectivity index is 3.98. The van der Waals surface area contributed by atoms with Crippen LogP contribution in [0, 0.1) is 0 Å². The van der Waals surface area contributed by atoms with Crippen molar-refractivity contribution in [2.24, 2.45) is 0 Å². The zero-order chi connectivity index (χ0) is 57.8. The lowest BCUT2D eigenvalue weighted by molar-refractivity contribution is -0.167. The van der Waals surface area contributed by atoms with Crippen LogP contribution < -0.4 is 0 Å². The molecule has 1 unspecified atom stereocenters. The summed E-state index contributed by atoms with van der Waals surface area (Å²) in [6.07, 6.45) is 88.7. The molecule has 0 aromatic carbocycles. The van der Waals surface area contributed by atoms with Gasteiger partial charge in [0.15, 0.2) is 6.10 Å². The lowest BCUT2D eigenvalue weighted by atomic mass is 10.0. The predicted molar refractivity (Wildman–Crippen MR) is 348 cm³/mol. The molecule has 466 valence electrons. The molecule has 0 aliphatic rings. The Morgan fingerprint density at radius 1 is 0.263 bits per heavy atom. The summed E-state index contributed by atoms with van der Waals surface area (Å²) in [7, 11) is 0. The number of rotatable bonds is 65. The Morgan fingerprint density at radius 3 is 0.762 bits per heavy atom. The molecule has 0 aliphatic carbocycles. The minimum Gasteiger partial charge on any atom is -0.462 e. The van der Waals surface area contributed by atoms with Crippen molar-refractivity contribution in [2.45, 2.75) is 380 Å². The minimum atomic E-state index is -0.774. The van der Waals surface area contributed by atoms with Crippen LogP contribution in [0.5, 0.6) is 0 Å². The molecule has 0 N–H and O–H groups in total. The van der Waals surface area contributed by atoms with Crippen molar-refractivity contribution < 1.29 is 28.6 Å². The Labute approximate surface area is 498 Å². The zero-order valence-corrected chi connectivity index (χ0v) is 53.6. The Morgan fingerprint density at radius 2 is 0.487 bits per heavy atom. The predicted octanol–water partition coefficient (Wildman–Crippen LogP) is 24.3. The highest BCUT2D eigenvalue weighted by Gasteiger charge is 2.19. The second kappa shape index (κ2) is 68.6. The zero-order valence-electron chi connectivity index (χ0n) is 53.6. The topological polar surface area (TPSA) is 78.9 Å². The molecule has 0 rings (SSSR count). The van der Waals surface area contributed by atoms with Crippen LogP contribution in [0.25, 0.3) is 0 Å². The van der Waals surface area contributed by atoms with Crippen molar-refractivity contribution in [3.05, 3.63) is 60.8 Å². The highest BCUT2D eigenvalue weighted by Crippen LogP contribution is 2.19. The van der Waals surface area contributed by atoms with E-state index >= 15 is 0 Å². The molecule has 0 aliphatic heterocycles. The molecule has 1 atom stereocenters. The summed E-state index contributed by atoms with van der Waals surface area (Å²) < 4.78 is 16.9. The Kier molecular flexibility index (Phi) is 66.1. The van der Waals surface area contributed by atoms with Crippen LogP contribution in [-0.4, -0.2) is 37.2 Å². The van der Waals surface area contributed by atoms with Crippen molar-refractivity contribution in [3.63, 3.8) is 0 Å². The first-order valence-corrected chi connectivity index (χ1v) is 35.3. The minimum absolute atomic E-state index is 0.0726. The summed E-state index contributed by atoms with van der Waals surface area (Å²) in [6, 6.07) is 0. The van der Waals surface area contributed by atoms with Crippen molar-refractivity contribution >= 4 is 17.9 Å². The van der Waals surface area contributed by atoms with E-state index in [4.69, 9.17) is 14.2 Å². The highest BCUT2D eigenvalue weighted by molar-refractivity contribution is 5.71. The number of allylic oxidation sites excluding steroid dienone is 10. The van der Waals surface area contributed by atoms with E-state index in [1.165, 1.54) is 238 Å². The van der Waals surface area contributed by atoms with E-state index in [9.17, 15) is 14.4 Å². The molecule has 0 bridgehead atoms. The van der Waals surface area contributed by atoms with Crippen LogP contribution in [0.3, 0.4) is 0 Å². The van der Waals surface area contributed by atoms with Crippen LogP contribution in [0.2, 0.25) is 0 Å². The number of esters is 3. The van der Waals surface area contributed by atoms with Gasteiger partial charge in [0.25, 0.3) is 0 Å². The normalized spacial score (nSPS) is 12.4. The molecule has 0 aromatic heterocycles. The van der Waals surface area contributed by atoms with Gasteiger partial charge in [0.05, 0.1) is 0 Å². The fourth-order valence-corrected chi connectivity index (χ4v) is 10.5. The summed E-state index contributed by atoms with van der Waals surface area (Å²) in [5.74, 6) is -0.869. The summed E-state index contributed by atoms with van der Waals surface area (Å²) in [5, 5.41) is 0. The number of unbranched alkanes of at least 4 members (excludes halogenated alkanes) is 44. The number of ether oxygens (including phenoxy) is 3. The van der Waals surface area contributed by atoms with Crippen LogP contribution in [0.1, 0.15) is 374 Å². The van der Waals surface area contributed by atoms with E-state index in [-0.39, 0.29) is 31.1 Å². The number of carbonyl (C=O) groups is 3. The molecule has 0 saturated carbocycles. The third kappa shape index (κ3) is 65.9. The second-order valence-corrected chi connectivity index (χ2v) is 23.8. The molecule has 0 radical (unpaired) electrons. The highest BCUT2D eigenvalue weighted by atomic mass is 16.6.